The van der Waals surface area contributed by atoms with Crippen LogP contribution in [0.3, 0.4) is 0 Å². The zero-order valence-corrected chi connectivity index (χ0v) is 14.4. The number of methoxy groups -OCH3 is 1. The molecule has 0 aliphatic heterocycles. The van der Waals surface area contributed by atoms with Gasteiger partial charge in [-0.1, -0.05) is 11.3 Å². The Morgan fingerprint density at radius 3 is 2.50 bits per heavy atom. The molecule has 1 aromatic heterocycles. The molecule has 24 heavy (non-hydrogen) atoms. The Labute approximate surface area is 142 Å². The molecule has 2 aromatic rings. The molecule has 128 valence electrons. The van der Waals surface area contributed by atoms with E-state index in [2.05, 4.69) is 5.32 Å². The number of thiazole rings is 1. The molecule has 8 heteroatoms. The summed E-state index contributed by atoms with van der Waals surface area (Å²) in [6.07, 6.45) is -0.978. The molecule has 1 amide bonds. The summed E-state index contributed by atoms with van der Waals surface area (Å²) in [7, 11) is 1.55. The molecule has 0 radical (unpaired) electrons. The van der Waals surface area contributed by atoms with Crippen LogP contribution in [0.25, 0.3) is 0 Å². The molecule has 0 saturated carbocycles. The van der Waals surface area contributed by atoms with Crippen LogP contribution >= 0.6 is 11.3 Å². The standard InChI is InChI=1S/C16H18N2O5S/c1-10-9-24-16(21)18(10)8-14(19)23-11(2)15(20)17-12-4-6-13(22-3)7-5-12/h4-7,9,11H,8H2,1-3H3,(H,17,20)/t11-/m1/s1. The van der Waals surface area contributed by atoms with E-state index in [1.165, 1.54) is 11.5 Å². The van der Waals surface area contributed by atoms with Crippen LogP contribution in [-0.4, -0.2) is 29.7 Å². The molecular weight excluding hydrogens is 332 g/mol. The first-order chi connectivity index (χ1) is 11.4. The molecule has 1 atom stereocenters. The van der Waals surface area contributed by atoms with Crippen LogP contribution in [0, 0.1) is 6.92 Å². The van der Waals surface area contributed by atoms with E-state index in [0.717, 1.165) is 11.3 Å². The highest BCUT2D eigenvalue weighted by atomic mass is 32.1. The summed E-state index contributed by atoms with van der Waals surface area (Å²) < 4.78 is 11.4. The topological polar surface area (TPSA) is 86.6 Å². The highest BCUT2D eigenvalue weighted by Crippen LogP contribution is 2.15. The Bertz CT molecular complexity index is 779. The molecule has 1 heterocycles. The van der Waals surface area contributed by atoms with E-state index in [-0.39, 0.29) is 11.4 Å². The van der Waals surface area contributed by atoms with Crippen LogP contribution < -0.4 is 14.9 Å². The third-order valence-corrected chi connectivity index (χ3v) is 4.18. The first-order valence-corrected chi connectivity index (χ1v) is 8.08. The van der Waals surface area contributed by atoms with Crippen LogP contribution in [0.5, 0.6) is 5.75 Å². The van der Waals surface area contributed by atoms with Crippen molar-refractivity contribution in [2.45, 2.75) is 26.5 Å². The first kappa shape index (κ1) is 17.7. The number of rotatable bonds is 6. The average Bonchev–Trinajstić information content (AvgIpc) is 2.87. The van der Waals surface area contributed by atoms with Crippen molar-refractivity contribution in [1.82, 2.24) is 4.57 Å². The van der Waals surface area contributed by atoms with Crippen molar-refractivity contribution in [1.29, 1.82) is 0 Å². The van der Waals surface area contributed by atoms with E-state index >= 15 is 0 Å². The summed E-state index contributed by atoms with van der Waals surface area (Å²) >= 11 is 1.01. The number of esters is 1. The van der Waals surface area contributed by atoms with Gasteiger partial charge in [-0.05, 0) is 38.1 Å². The smallest absolute Gasteiger partial charge is 0.326 e. The van der Waals surface area contributed by atoms with Gasteiger partial charge in [0.1, 0.15) is 12.3 Å². The van der Waals surface area contributed by atoms with Gasteiger partial charge in [-0.3, -0.25) is 19.0 Å². The van der Waals surface area contributed by atoms with Gasteiger partial charge in [-0.2, -0.15) is 0 Å². The van der Waals surface area contributed by atoms with E-state index in [0.29, 0.717) is 17.1 Å². The number of anilines is 1. The fraction of sp³-hybridized carbons (Fsp3) is 0.312. The second-order valence-corrected chi connectivity index (χ2v) is 5.90. The lowest BCUT2D eigenvalue weighted by molar-refractivity contribution is -0.153. The summed E-state index contributed by atoms with van der Waals surface area (Å²) in [5, 5.41) is 4.30. The summed E-state index contributed by atoms with van der Waals surface area (Å²) in [5.74, 6) is -0.428. The highest BCUT2D eigenvalue weighted by molar-refractivity contribution is 7.07. The second-order valence-electron chi connectivity index (χ2n) is 5.08. The number of nitrogens with zero attached hydrogens (tertiary/aromatic N) is 1. The minimum absolute atomic E-state index is 0.214. The van der Waals surface area contributed by atoms with Gasteiger partial charge in [0.05, 0.1) is 7.11 Å². The maximum Gasteiger partial charge on any atom is 0.326 e. The predicted octanol–water partition coefficient (Wildman–Crippen LogP) is 1.80. The number of carbonyl (C=O) groups is 2. The summed E-state index contributed by atoms with van der Waals surface area (Å²) in [6.45, 7) is 2.99. The van der Waals surface area contributed by atoms with Crippen molar-refractivity contribution < 1.29 is 19.1 Å². The largest absolute Gasteiger partial charge is 0.497 e. The zero-order chi connectivity index (χ0) is 17.7. The van der Waals surface area contributed by atoms with Gasteiger partial charge in [0.25, 0.3) is 5.91 Å². The molecule has 1 aromatic carbocycles. The molecule has 0 bridgehead atoms. The van der Waals surface area contributed by atoms with E-state index in [1.54, 1.807) is 43.7 Å². The lowest BCUT2D eigenvalue weighted by Gasteiger charge is -2.14. The Hall–Kier alpha value is -2.61. The lowest BCUT2D eigenvalue weighted by atomic mass is 10.3. The van der Waals surface area contributed by atoms with E-state index in [1.807, 2.05) is 0 Å². The Morgan fingerprint density at radius 2 is 1.96 bits per heavy atom. The van der Waals surface area contributed by atoms with Gasteiger partial charge in [0.2, 0.25) is 0 Å². The normalized spacial score (nSPS) is 11.6. The number of hydrogen-bond acceptors (Lipinski definition) is 6. The third-order valence-electron chi connectivity index (χ3n) is 3.30. The molecular formula is C16H18N2O5S. The third kappa shape index (κ3) is 4.45. The SMILES string of the molecule is COc1ccc(NC(=O)[C@@H](C)OC(=O)Cn2c(C)csc2=O)cc1. The van der Waals surface area contributed by atoms with Crippen molar-refractivity contribution in [2.24, 2.45) is 0 Å². The van der Waals surface area contributed by atoms with Crippen LogP contribution in [0.15, 0.2) is 34.4 Å². The molecule has 2 rings (SSSR count). The van der Waals surface area contributed by atoms with E-state index in [9.17, 15) is 14.4 Å². The number of carbonyl (C=O) groups excluding carboxylic acids is 2. The van der Waals surface area contributed by atoms with Gasteiger partial charge in [-0.25, -0.2) is 0 Å². The fourth-order valence-corrected chi connectivity index (χ4v) is 2.67. The van der Waals surface area contributed by atoms with Crippen molar-refractivity contribution in [3.8, 4) is 5.75 Å². The monoisotopic (exact) mass is 350 g/mol. The zero-order valence-electron chi connectivity index (χ0n) is 13.6. The number of benzene rings is 1. The molecule has 0 unspecified atom stereocenters. The van der Waals surface area contributed by atoms with Crippen LogP contribution in [-0.2, 0) is 20.9 Å². The van der Waals surface area contributed by atoms with Gasteiger partial charge in [0.15, 0.2) is 6.10 Å². The maximum atomic E-state index is 12.1. The summed E-state index contributed by atoms with van der Waals surface area (Å²) in [6, 6.07) is 6.77. The van der Waals surface area contributed by atoms with Gasteiger partial charge >= 0.3 is 10.8 Å². The first-order valence-electron chi connectivity index (χ1n) is 7.20. The maximum absolute atomic E-state index is 12.1. The fourth-order valence-electron chi connectivity index (χ4n) is 1.93. The van der Waals surface area contributed by atoms with Crippen molar-refractivity contribution >= 4 is 28.9 Å². The summed E-state index contributed by atoms with van der Waals surface area (Å²) in [5.41, 5.74) is 1.24. The molecule has 0 fully saturated rings. The number of aryl methyl sites for hydroxylation is 1. The lowest BCUT2D eigenvalue weighted by Crippen LogP contribution is -2.32. The number of hydrogen-bond donors (Lipinski definition) is 1. The minimum Gasteiger partial charge on any atom is -0.497 e. The van der Waals surface area contributed by atoms with E-state index < -0.39 is 18.0 Å². The molecule has 0 spiro atoms. The molecule has 0 saturated heterocycles. The minimum atomic E-state index is -0.978. The number of aromatic nitrogens is 1. The van der Waals surface area contributed by atoms with Crippen molar-refractivity contribution in [3.05, 3.63) is 45.0 Å². The second kappa shape index (κ2) is 7.78. The Kier molecular flexibility index (Phi) is 5.75. The van der Waals surface area contributed by atoms with Crippen molar-refractivity contribution in [2.75, 3.05) is 12.4 Å². The van der Waals surface area contributed by atoms with Crippen LogP contribution in [0.1, 0.15) is 12.6 Å². The molecule has 7 nitrogen and oxygen atoms in total. The van der Waals surface area contributed by atoms with E-state index in [4.69, 9.17) is 9.47 Å². The number of amides is 1. The Balaban J connectivity index is 1.90. The van der Waals surface area contributed by atoms with Crippen molar-refractivity contribution in [3.63, 3.8) is 0 Å². The molecule has 0 aliphatic rings. The average molecular weight is 350 g/mol. The predicted molar refractivity (Wildman–Crippen MR) is 90.5 cm³/mol. The molecule has 1 N–H and O–H groups in total. The highest BCUT2D eigenvalue weighted by Gasteiger charge is 2.19. The van der Waals surface area contributed by atoms with Gasteiger partial charge in [-0.15, -0.1) is 0 Å². The number of ether oxygens (including phenoxy) is 2. The number of nitrogens with one attached hydrogen (secondary N) is 1. The molecule has 0 aliphatic carbocycles. The quantitative estimate of drug-likeness (QED) is 0.803. The van der Waals surface area contributed by atoms with Crippen LogP contribution in [0.2, 0.25) is 0 Å². The van der Waals surface area contributed by atoms with Gasteiger partial charge in [0, 0.05) is 16.8 Å². The summed E-state index contributed by atoms with van der Waals surface area (Å²) in [4.78, 5) is 35.3. The Morgan fingerprint density at radius 1 is 1.29 bits per heavy atom. The van der Waals surface area contributed by atoms with Gasteiger partial charge < -0.3 is 14.8 Å². The van der Waals surface area contributed by atoms with Crippen LogP contribution in [0.4, 0.5) is 5.69 Å².